The van der Waals surface area contributed by atoms with Crippen molar-refractivity contribution in [2.45, 2.75) is 13.3 Å². The van der Waals surface area contributed by atoms with E-state index in [1.807, 2.05) is 6.92 Å². The number of aliphatic hydroxyl groups is 1. The minimum absolute atomic E-state index is 0.0149. The molecule has 1 heterocycles. The third kappa shape index (κ3) is 4.26. The van der Waals surface area contributed by atoms with Crippen LogP contribution in [0.2, 0.25) is 5.28 Å². The molecule has 0 radical (unpaired) electrons. The highest BCUT2D eigenvalue weighted by Gasteiger charge is 2.03. The molecule has 1 aromatic rings. The average Bonchev–Trinajstić information content (AvgIpc) is 2.23. The van der Waals surface area contributed by atoms with E-state index < -0.39 is 0 Å². The van der Waals surface area contributed by atoms with Crippen molar-refractivity contribution < 1.29 is 5.11 Å². The van der Waals surface area contributed by atoms with E-state index in [4.69, 9.17) is 16.7 Å². The lowest BCUT2D eigenvalue weighted by Crippen LogP contribution is -2.12. The number of hydrogen-bond donors (Lipinski definition) is 3. The van der Waals surface area contributed by atoms with Gasteiger partial charge in [0.1, 0.15) is 0 Å². The molecule has 0 spiro atoms. The zero-order chi connectivity index (χ0) is 11.1. The first-order chi connectivity index (χ1) is 7.26. The molecule has 7 heteroatoms. The summed E-state index contributed by atoms with van der Waals surface area (Å²) < 4.78 is 0. The number of rotatable bonds is 6. The minimum Gasteiger partial charge on any atom is -0.395 e. The summed E-state index contributed by atoms with van der Waals surface area (Å²) in [5.41, 5.74) is 0. The molecule has 0 aliphatic heterocycles. The van der Waals surface area contributed by atoms with E-state index in [2.05, 4.69) is 25.6 Å². The van der Waals surface area contributed by atoms with E-state index in [1.54, 1.807) is 0 Å². The van der Waals surface area contributed by atoms with Crippen molar-refractivity contribution in [1.82, 2.24) is 15.0 Å². The Morgan fingerprint density at radius 3 is 2.27 bits per heavy atom. The third-order valence-corrected chi connectivity index (χ3v) is 1.71. The predicted molar refractivity (Wildman–Crippen MR) is 59.2 cm³/mol. The summed E-state index contributed by atoms with van der Waals surface area (Å²) in [5, 5.41) is 14.6. The molecule has 84 valence electrons. The normalized spacial score (nSPS) is 10.1. The number of anilines is 2. The number of nitrogens with one attached hydrogen (secondary N) is 2. The maximum absolute atomic E-state index is 8.63. The van der Waals surface area contributed by atoms with Gasteiger partial charge in [-0.25, -0.2) is 0 Å². The van der Waals surface area contributed by atoms with Crippen LogP contribution in [0, 0.1) is 0 Å². The van der Waals surface area contributed by atoms with Gasteiger partial charge in [0.15, 0.2) is 0 Å². The quantitative estimate of drug-likeness (QED) is 0.670. The first kappa shape index (κ1) is 11.9. The van der Waals surface area contributed by atoms with E-state index >= 15 is 0 Å². The minimum atomic E-state index is 0.0149. The van der Waals surface area contributed by atoms with Gasteiger partial charge in [-0.15, -0.1) is 0 Å². The number of aromatic nitrogens is 3. The molecular weight excluding hydrogens is 218 g/mol. The molecule has 0 saturated heterocycles. The molecule has 6 nitrogen and oxygen atoms in total. The van der Waals surface area contributed by atoms with Crippen LogP contribution < -0.4 is 10.6 Å². The van der Waals surface area contributed by atoms with Gasteiger partial charge >= 0.3 is 0 Å². The second-order valence-electron chi connectivity index (χ2n) is 2.83. The van der Waals surface area contributed by atoms with Crippen LogP contribution in [0.1, 0.15) is 13.3 Å². The van der Waals surface area contributed by atoms with Crippen LogP contribution in [0.15, 0.2) is 0 Å². The molecular formula is C8H14ClN5O. The highest BCUT2D eigenvalue weighted by atomic mass is 35.5. The fourth-order valence-electron chi connectivity index (χ4n) is 0.913. The molecule has 0 unspecified atom stereocenters. The Balaban J connectivity index is 2.66. The van der Waals surface area contributed by atoms with Gasteiger partial charge in [0.2, 0.25) is 17.2 Å². The van der Waals surface area contributed by atoms with Gasteiger partial charge in [0, 0.05) is 13.1 Å². The van der Waals surface area contributed by atoms with Crippen molar-refractivity contribution in [3.63, 3.8) is 0 Å². The number of hydrogen-bond acceptors (Lipinski definition) is 6. The number of nitrogens with zero attached hydrogens (tertiary/aromatic N) is 3. The fraction of sp³-hybridized carbons (Fsp3) is 0.625. The van der Waals surface area contributed by atoms with Crippen LogP contribution in [0.3, 0.4) is 0 Å². The Morgan fingerprint density at radius 1 is 1.13 bits per heavy atom. The largest absolute Gasteiger partial charge is 0.395 e. The molecule has 15 heavy (non-hydrogen) atoms. The Morgan fingerprint density at radius 2 is 1.73 bits per heavy atom. The molecule has 0 aliphatic carbocycles. The molecule has 1 rings (SSSR count). The number of aliphatic hydroxyl groups excluding tert-OH is 1. The van der Waals surface area contributed by atoms with Crippen LogP contribution in [0.5, 0.6) is 0 Å². The molecule has 3 N–H and O–H groups in total. The summed E-state index contributed by atoms with van der Waals surface area (Å²) >= 11 is 5.70. The maximum atomic E-state index is 8.63. The van der Waals surface area contributed by atoms with Gasteiger partial charge < -0.3 is 15.7 Å². The highest BCUT2D eigenvalue weighted by Crippen LogP contribution is 2.08. The molecule has 0 aliphatic rings. The van der Waals surface area contributed by atoms with Crippen LogP contribution >= 0.6 is 11.6 Å². The Kier molecular flexibility index (Phi) is 5.06. The molecule has 0 aromatic carbocycles. The van der Waals surface area contributed by atoms with Crippen molar-refractivity contribution in [1.29, 1.82) is 0 Å². The van der Waals surface area contributed by atoms with E-state index in [-0.39, 0.29) is 11.9 Å². The van der Waals surface area contributed by atoms with E-state index in [0.29, 0.717) is 18.4 Å². The Bertz CT molecular complexity index is 283. The van der Waals surface area contributed by atoms with Crippen molar-refractivity contribution in [2.75, 3.05) is 30.3 Å². The fourth-order valence-corrected chi connectivity index (χ4v) is 1.07. The summed E-state index contributed by atoms with van der Waals surface area (Å²) in [4.78, 5) is 11.8. The SMILES string of the molecule is CCCNc1nc(Cl)nc(NCCO)n1. The third-order valence-electron chi connectivity index (χ3n) is 1.54. The van der Waals surface area contributed by atoms with E-state index in [9.17, 15) is 0 Å². The molecule has 0 bridgehead atoms. The first-order valence-electron chi connectivity index (χ1n) is 4.76. The number of halogens is 1. The molecule has 0 fully saturated rings. The van der Waals surface area contributed by atoms with Crippen LogP contribution in [-0.2, 0) is 0 Å². The van der Waals surface area contributed by atoms with Crippen molar-refractivity contribution in [3.05, 3.63) is 5.28 Å². The monoisotopic (exact) mass is 231 g/mol. The molecule has 0 amide bonds. The van der Waals surface area contributed by atoms with Gasteiger partial charge in [-0.3, -0.25) is 0 Å². The lowest BCUT2D eigenvalue weighted by molar-refractivity contribution is 0.311. The van der Waals surface area contributed by atoms with Crippen LogP contribution in [0.25, 0.3) is 0 Å². The second kappa shape index (κ2) is 6.36. The van der Waals surface area contributed by atoms with E-state index in [1.165, 1.54) is 0 Å². The Labute approximate surface area is 93.1 Å². The summed E-state index contributed by atoms with van der Waals surface area (Å²) in [6.45, 7) is 3.22. The Hall–Kier alpha value is -1.14. The van der Waals surface area contributed by atoms with Crippen molar-refractivity contribution >= 4 is 23.5 Å². The average molecular weight is 232 g/mol. The van der Waals surface area contributed by atoms with Gasteiger partial charge in [-0.1, -0.05) is 6.92 Å². The van der Waals surface area contributed by atoms with E-state index in [0.717, 1.165) is 13.0 Å². The standard InChI is InChI=1S/C8H14ClN5O/c1-2-3-10-7-12-6(9)13-8(14-7)11-4-5-15/h15H,2-5H2,1H3,(H2,10,11,12,13,14). The lowest BCUT2D eigenvalue weighted by atomic mass is 10.5. The first-order valence-corrected chi connectivity index (χ1v) is 5.14. The summed E-state index contributed by atoms with van der Waals surface area (Å²) in [5.74, 6) is 0.806. The predicted octanol–water partition coefficient (Wildman–Crippen LogP) is 0.751. The van der Waals surface area contributed by atoms with Crippen molar-refractivity contribution in [2.24, 2.45) is 0 Å². The van der Waals surface area contributed by atoms with Gasteiger partial charge in [-0.2, -0.15) is 15.0 Å². The van der Waals surface area contributed by atoms with Crippen molar-refractivity contribution in [3.8, 4) is 0 Å². The van der Waals surface area contributed by atoms with Gasteiger partial charge in [0.25, 0.3) is 0 Å². The summed E-state index contributed by atoms with van der Waals surface area (Å²) in [6, 6.07) is 0. The van der Waals surface area contributed by atoms with Crippen LogP contribution in [-0.4, -0.2) is 39.8 Å². The smallest absolute Gasteiger partial charge is 0.228 e. The van der Waals surface area contributed by atoms with Gasteiger partial charge in [0.05, 0.1) is 6.61 Å². The summed E-state index contributed by atoms with van der Waals surface area (Å²) in [6.07, 6.45) is 0.975. The zero-order valence-electron chi connectivity index (χ0n) is 8.50. The molecule has 1 aromatic heterocycles. The van der Waals surface area contributed by atoms with Crippen LogP contribution in [0.4, 0.5) is 11.9 Å². The topological polar surface area (TPSA) is 83.0 Å². The second-order valence-corrected chi connectivity index (χ2v) is 3.17. The van der Waals surface area contributed by atoms with Gasteiger partial charge in [-0.05, 0) is 18.0 Å². The zero-order valence-corrected chi connectivity index (χ0v) is 9.25. The highest BCUT2D eigenvalue weighted by molar-refractivity contribution is 6.28. The molecule has 0 atom stereocenters. The lowest BCUT2D eigenvalue weighted by Gasteiger charge is -2.06. The molecule has 0 saturated carbocycles. The maximum Gasteiger partial charge on any atom is 0.228 e. The summed E-state index contributed by atoms with van der Waals surface area (Å²) in [7, 11) is 0.